The van der Waals surface area contributed by atoms with Crippen LogP contribution in [0.5, 0.6) is 0 Å². The van der Waals surface area contributed by atoms with Gasteiger partial charge < -0.3 is 9.80 Å². The van der Waals surface area contributed by atoms with Crippen molar-refractivity contribution in [3.63, 3.8) is 0 Å². The number of amides is 1. The molecule has 1 fully saturated rings. The highest BCUT2D eigenvalue weighted by Gasteiger charge is 2.23. The molecule has 5 nitrogen and oxygen atoms in total. The van der Waals surface area contributed by atoms with Crippen LogP contribution in [0.25, 0.3) is 0 Å². The molecule has 0 radical (unpaired) electrons. The van der Waals surface area contributed by atoms with Crippen LogP contribution in [0.15, 0.2) is 41.8 Å². The fraction of sp³-hybridized carbons (Fsp3) is 0.400. The molecule has 0 saturated carbocycles. The van der Waals surface area contributed by atoms with Crippen LogP contribution in [0.1, 0.15) is 40.9 Å². The Morgan fingerprint density at radius 1 is 1.12 bits per heavy atom. The van der Waals surface area contributed by atoms with Gasteiger partial charge in [-0.15, -0.1) is 11.3 Å². The van der Waals surface area contributed by atoms with Crippen LogP contribution in [0.2, 0.25) is 0 Å². The Bertz CT molecular complexity index is 1070. The minimum Gasteiger partial charge on any atom is -0.354 e. The molecule has 0 N–H and O–H groups in total. The normalized spacial score (nSPS) is 14.5. The van der Waals surface area contributed by atoms with E-state index in [-0.39, 0.29) is 11.7 Å². The molecule has 168 valence electrons. The van der Waals surface area contributed by atoms with Crippen molar-refractivity contribution in [1.82, 2.24) is 14.9 Å². The second-order valence-electron chi connectivity index (χ2n) is 8.16. The molecular weight excluding hydrogens is 423 g/mol. The zero-order chi connectivity index (χ0) is 22.5. The Kier molecular flexibility index (Phi) is 7.15. The number of aryl methyl sites for hydroxylation is 2. The summed E-state index contributed by atoms with van der Waals surface area (Å²) in [6.07, 6.45) is 2.74. The Labute approximate surface area is 192 Å². The third-order valence-electron chi connectivity index (χ3n) is 5.84. The van der Waals surface area contributed by atoms with E-state index < -0.39 is 0 Å². The Morgan fingerprint density at radius 2 is 2.00 bits per heavy atom. The average molecular weight is 453 g/mol. The molecule has 1 amide bonds. The van der Waals surface area contributed by atoms with Gasteiger partial charge in [-0.05, 0) is 48.9 Å². The first kappa shape index (κ1) is 22.4. The van der Waals surface area contributed by atoms with Gasteiger partial charge in [-0.3, -0.25) is 4.79 Å². The van der Waals surface area contributed by atoms with E-state index in [2.05, 4.69) is 16.8 Å². The quantitative estimate of drug-likeness (QED) is 0.556. The second-order valence-corrected chi connectivity index (χ2v) is 9.19. The summed E-state index contributed by atoms with van der Waals surface area (Å²) < 4.78 is 13.8. The number of carbonyl (C=O) groups excluding carboxylic acids is 1. The molecule has 7 heteroatoms. The monoisotopic (exact) mass is 452 g/mol. The van der Waals surface area contributed by atoms with E-state index in [1.165, 1.54) is 6.07 Å². The molecule has 3 heterocycles. The molecule has 0 unspecified atom stereocenters. The van der Waals surface area contributed by atoms with E-state index in [9.17, 15) is 9.18 Å². The number of rotatable bonds is 6. The van der Waals surface area contributed by atoms with E-state index >= 15 is 0 Å². The minimum absolute atomic E-state index is 0.183. The maximum Gasteiger partial charge on any atom is 0.227 e. The minimum atomic E-state index is -0.232. The van der Waals surface area contributed by atoms with Gasteiger partial charge in [-0.25, -0.2) is 14.4 Å². The van der Waals surface area contributed by atoms with Gasteiger partial charge in [-0.2, -0.15) is 0 Å². The predicted molar refractivity (Wildman–Crippen MR) is 127 cm³/mol. The highest BCUT2D eigenvalue weighted by atomic mass is 32.1. The van der Waals surface area contributed by atoms with Crippen molar-refractivity contribution >= 4 is 23.1 Å². The Hall–Kier alpha value is -2.80. The summed E-state index contributed by atoms with van der Waals surface area (Å²) in [4.78, 5) is 27.7. The fourth-order valence-corrected chi connectivity index (χ4v) is 4.97. The molecule has 3 aromatic rings. The highest BCUT2D eigenvalue weighted by molar-refractivity contribution is 7.10. The van der Waals surface area contributed by atoms with Crippen molar-refractivity contribution in [2.45, 2.75) is 39.5 Å². The number of halogens is 1. The van der Waals surface area contributed by atoms with Gasteiger partial charge in [0, 0.05) is 48.7 Å². The molecule has 32 heavy (non-hydrogen) atoms. The van der Waals surface area contributed by atoms with Crippen molar-refractivity contribution in [1.29, 1.82) is 0 Å². The zero-order valence-electron chi connectivity index (χ0n) is 18.7. The Morgan fingerprint density at radius 3 is 2.75 bits per heavy atom. The third kappa shape index (κ3) is 5.33. The number of anilines is 1. The summed E-state index contributed by atoms with van der Waals surface area (Å²) >= 11 is 1.63. The first-order valence-electron chi connectivity index (χ1n) is 11.2. The lowest BCUT2D eigenvalue weighted by Gasteiger charge is -2.26. The number of benzene rings is 1. The van der Waals surface area contributed by atoms with Crippen LogP contribution >= 0.6 is 11.3 Å². The molecule has 1 aliphatic rings. The van der Waals surface area contributed by atoms with E-state index in [4.69, 9.17) is 4.98 Å². The van der Waals surface area contributed by atoms with E-state index in [1.807, 2.05) is 35.4 Å². The van der Waals surface area contributed by atoms with Gasteiger partial charge in [-0.1, -0.05) is 25.1 Å². The van der Waals surface area contributed by atoms with Gasteiger partial charge in [0.1, 0.15) is 17.5 Å². The van der Waals surface area contributed by atoms with E-state index in [0.717, 1.165) is 65.8 Å². The second kappa shape index (κ2) is 10.2. The summed E-state index contributed by atoms with van der Waals surface area (Å²) in [6, 6.07) is 10.7. The highest BCUT2D eigenvalue weighted by Crippen LogP contribution is 2.26. The topological polar surface area (TPSA) is 49.3 Å². The number of hydrogen-bond donors (Lipinski definition) is 0. The van der Waals surface area contributed by atoms with Crippen LogP contribution in [-0.4, -0.2) is 47.0 Å². The predicted octanol–water partition coefficient (Wildman–Crippen LogP) is 4.42. The fourth-order valence-electron chi connectivity index (χ4n) is 4.28. The zero-order valence-corrected chi connectivity index (χ0v) is 19.5. The lowest BCUT2D eigenvalue weighted by Crippen LogP contribution is -2.36. The van der Waals surface area contributed by atoms with Gasteiger partial charge in [0.25, 0.3) is 0 Å². The molecule has 1 saturated heterocycles. The maximum absolute atomic E-state index is 13.8. The molecular formula is C25H29FN4OS. The molecule has 4 rings (SSSR count). The maximum atomic E-state index is 13.8. The summed E-state index contributed by atoms with van der Waals surface area (Å²) in [6.45, 7) is 7.00. The number of hydrogen-bond acceptors (Lipinski definition) is 5. The Balaban J connectivity index is 1.55. The van der Waals surface area contributed by atoms with Crippen LogP contribution in [0.4, 0.5) is 10.2 Å². The van der Waals surface area contributed by atoms with Crippen molar-refractivity contribution in [3.8, 4) is 0 Å². The van der Waals surface area contributed by atoms with Gasteiger partial charge in [0.05, 0.1) is 6.42 Å². The van der Waals surface area contributed by atoms with Crippen LogP contribution < -0.4 is 4.90 Å². The molecule has 0 bridgehead atoms. The number of aromatic nitrogens is 2. The van der Waals surface area contributed by atoms with Gasteiger partial charge >= 0.3 is 0 Å². The average Bonchev–Trinajstić information content (AvgIpc) is 3.16. The lowest BCUT2D eigenvalue weighted by molar-refractivity contribution is -0.130. The first-order valence-corrected chi connectivity index (χ1v) is 12.1. The van der Waals surface area contributed by atoms with Gasteiger partial charge in [0.15, 0.2) is 0 Å². The first-order chi connectivity index (χ1) is 15.5. The SMILES string of the molecule is CCc1nc(C)nc(N2CCCN(C(=O)Cc3cccs3)CC2)c1Cc1cccc(F)c1. The van der Waals surface area contributed by atoms with Crippen molar-refractivity contribution in [3.05, 3.63) is 75.1 Å². The molecule has 1 aliphatic heterocycles. The molecule has 0 aliphatic carbocycles. The summed E-state index contributed by atoms with van der Waals surface area (Å²) in [7, 11) is 0. The lowest BCUT2D eigenvalue weighted by atomic mass is 10.0. The molecule has 0 atom stereocenters. The molecule has 0 spiro atoms. The summed E-state index contributed by atoms with van der Waals surface area (Å²) in [5, 5.41) is 2.01. The number of thiophene rings is 1. The van der Waals surface area contributed by atoms with Crippen LogP contribution in [-0.2, 0) is 24.1 Å². The summed E-state index contributed by atoms with van der Waals surface area (Å²) in [5.74, 6) is 1.62. The van der Waals surface area contributed by atoms with Crippen molar-refractivity contribution < 1.29 is 9.18 Å². The third-order valence-corrected chi connectivity index (χ3v) is 6.72. The van der Waals surface area contributed by atoms with Gasteiger partial charge in [0.2, 0.25) is 5.91 Å². The van der Waals surface area contributed by atoms with Crippen LogP contribution in [0.3, 0.4) is 0 Å². The summed E-state index contributed by atoms with van der Waals surface area (Å²) in [5.41, 5.74) is 2.98. The standard InChI is InChI=1S/C25H29FN4OS/c1-3-23-22(16-19-7-4-8-20(26)15-19)25(28-18(2)27-23)30-11-6-10-29(12-13-30)24(31)17-21-9-5-14-32-21/h4-5,7-9,14-15H,3,6,10-13,16-17H2,1-2H3. The largest absolute Gasteiger partial charge is 0.354 e. The number of nitrogens with zero attached hydrogens (tertiary/aromatic N) is 4. The smallest absolute Gasteiger partial charge is 0.227 e. The van der Waals surface area contributed by atoms with E-state index in [1.54, 1.807) is 23.5 Å². The molecule has 1 aromatic carbocycles. The molecule has 2 aromatic heterocycles. The van der Waals surface area contributed by atoms with Crippen molar-refractivity contribution in [2.24, 2.45) is 0 Å². The van der Waals surface area contributed by atoms with Crippen molar-refractivity contribution in [2.75, 3.05) is 31.1 Å². The number of carbonyl (C=O) groups is 1. The van der Waals surface area contributed by atoms with Crippen LogP contribution in [0, 0.1) is 12.7 Å². The van der Waals surface area contributed by atoms with E-state index in [0.29, 0.717) is 19.4 Å².